The normalized spacial score (nSPS) is 10.1. The zero-order valence-electron chi connectivity index (χ0n) is 8.94. The van der Waals surface area contributed by atoms with Gasteiger partial charge in [-0.25, -0.2) is 14.4 Å². The molecule has 1 aromatic carbocycles. The number of halogens is 1. The fraction of sp³-hybridized carbons (Fsp3) is 0.167. The number of hydrogen-bond donors (Lipinski definition) is 1. The molecule has 1 heterocycles. The van der Waals surface area contributed by atoms with Crippen molar-refractivity contribution >= 4 is 5.95 Å². The van der Waals surface area contributed by atoms with E-state index in [9.17, 15) is 4.39 Å². The van der Waals surface area contributed by atoms with E-state index in [1.54, 1.807) is 30.5 Å². The van der Waals surface area contributed by atoms with Crippen molar-refractivity contribution in [1.82, 2.24) is 9.97 Å². The van der Waals surface area contributed by atoms with Gasteiger partial charge in [-0.2, -0.15) is 0 Å². The van der Waals surface area contributed by atoms with E-state index in [-0.39, 0.29) is 5.82 Å². The van der Waals surface area contributed by atoms with Crippen LogP contribution in [0.15, 0.2) is 36.5 Å². The summed E-state index contributed by atoms with van der Waals surface area (Å²) in [6.45, 7) is 2.69. The summed E-state index contributed by atoms with van der Waals surface area (Å²) in [5.74, 6) is 0.243. The van der Waals surface area contributed by atoms with Gasteiger partial charge in [0, 0.05) is 18.3 Å². The molecule has 0 aliphatic rings. The molecule has 2 rings (SSSR count). The number of aromatic nitrogens is 2. The van der Waals surface area contributed by atoms with Gasteiger partial charge in [-0.05, 0) is 25.1 Å². The molecule has 0 aliphatic heterocycles. The summed E-state index contributed by atoms with van der Waals surface area (Å²) in [6, 6.07) is 8.26. The Morgan fingerprint density at radius 1 is 1.25 bits per heavy atom. The number of nitrogens with zero attached hydrogens (tertiary/aromatic N) is 2. The summed E-state index contributed by atoms with van der Waals surface area (Å²) in [5.41, 5.74) is 1.08. The van der Waals surface area contributed by atoms with Gasteiger partial charge in [0.2, 0.25) is 5.95 Å². The van der Waals surface area contributed by atoms with Crippen LogP contribution in [-0.2, 0) is 0 Å². The van der Waals surface area contributed by atoms with Crippen LogP contribution in [0.1, 0.15) is 6.92 Å². The van der Waals surface area contributed by atoms with Gasteiger partial charge in [0.15, 0.2) is 0 Å². The summed E-state index contributed by atoms with van der Waals surface area (Å²) in [6.07, 6.45) is 1.62. The van der Waals surface area contributed by atoms with Gasteiger partial charge < -0.3 is 5.32 Å². The molecular weight excluding hydrogens is 205 g/mol. The highest BCUT2D eigenvalue weighted by Gasteiger charge is 2.06. The molecule has 16 heavy (non-hydrogen) atoms. The topological polar surface area (TPSA) is 37.8 Å². The van der Waals surface area contributed by atoms with Crippen LogP contribution in [0.3, 0.4) is 0 Å². The number of nitrogens with one attached hydrogen (secondary N) is 1. The zero-order chi connectivity index (χ0) is 11.4. The maximum atomic E-state index is 13.5. The van der Waals surface area contributed by atoms with Gasteiger partial charge in [-0.15, -0.1) is 0 Å². The predicted octanol–water partition coefficient (Wildman–Crippen LogP) is 2.71. The lowest BCUT2D eigenvalue weighted by Crippen LogP contribution is -2.02. The maximum absolute atomic E-state index is 13.5. The maximum Gasteiger partial charge on any atom is 0.223 e. The minimum atomic E-state index is -0.274. The molecule has 0 fully saturated rings. The van der Waals surface area contributed by atoms with E-state index in [4.69, 9.17) is 0 Å². The van der Waals surface area contributed by atoms with Crippen LogP contribution >= 0.6 is 0 Å². The molecule has 2 aromatic rings. The number of hydrogen-bond acceptors (Lipinski definition) is 3. The average molecular weight is 217 g/mol. The van der Waals surface area contributed by atoms with Crippen molar-refractivity contribution in [2.24, 2.45) is 0 Å². The lowest BCUT2D eigenvalue weighted by Gasteiger charge is -2.05. The molecule has 0 bridgehead atoms. The van der Waals surface area contributed by atoms with E-state index in [0.29, 0.717) is 17.2 Å². The van der Waals surface area contributed by atoms with Crippen molar-refractivity contribution in [3.8, 4) is 11.3 Å². The molecular formula is C12H12FN3. The summed E-state index contributed by atoms with van der Waals surface area (Å²) in [4.78, 5) is 8.27. The molecule has 0 spiro atoms. The fourth-order valence-corrected chi connectivity index (χ4v) is 1.42. The molecule has 0 radical (unpaired) electrons. The van der Waals surface area contributed by atoms with Crippen LogP contribution in [0.2, 0.25) is 0 Å². The van der Waals surface area contributed by atoms with Gasteiger partial charge in [0.25, 0.3) is 0 Å². The Morgan fingerprint density at radius 3 is 2.81 bits per heavy atom. The fourth-order valence-electron chi connectivity index (χ4n) is 1.42. The third kappa shape index (κ3) is 2.16. The number of anilines is 1. The van der Waals surface area contributed by atoms with Gasteiger partial charge in [-0.1, -0.05) is 12.1 Å². The molecule has 3 nitrogen and oxygen atoms in total. The molecule has 0 atom stereocenters. The van der Waals surface area contributed by atoms with E-state index >= 15 is 0 Å². The molecule has 4 heteroatoms. The van der Waals surface area contributed by atoms with Crippen molar-refractivity contribution < 1.29 is 4.39 Å². The van der Waals surface area contributed by atoms with Crippen molar-refractivity contribution in [2.75, 3.05) is 11.9 Å². The molecule has 1 aromatic heterocycles. The largest absolute Gasteiger partial charge is 0.354 e. The average Bonchev–Trinajstić information content (AvgIpc) is 2.30. The Morgan fingerprint density at radius 2 is 2.06 bits per heavy atom. The van der Waals surface area contributed by atoms with Crippen LogP contribution in [0, 0.1) is 5.82 Å². The first-order valence-electron chi connectivity index (χ1n) is 5.13. The van der Waals surface area contributed by atoms with Crippen molar-refractivity contribution in [3.63, 3.8) is 0 Å². The highest BCUT2D eigenvalue weighted by molar-refractivity contribution is 5.60. The highest BCUT2D eigenvalue weighted by Crippen LogP contribution is 2.20. The Balaban J connectivity index is 2.40. The number of rotatable bonds is 3. The highest BCUT2D eigenvalue weighted by atomic mass is 19.1. The quantitative estimate of drug-likeness (QED) is 0.859. The zero-order valence-corrected chi connectivity index (χ0v) is 8.94. The summed E-state index contributed by atoms with van der Waals surface area (Å²) >= 11 is 0. The Kier molecular flexibility index (Phi) is 3.10. The second-order valence-electron chi connectivity index (χ2n) is 3.28. The Bertz CT molecular complexity index is 485. The van der Waals surface area contributed by atoms with E-state index < -0.39 is 0 Å². The lowest BCUT2D eigenvalue weighted by atomic mass is 10.1. The predicted molar refractivity (Wildman–Crippen MR) is 61.6 cm³/mol. The van der Waals surface area contributed by atoms with E-state index in [0.717, 1.165) is 6.54 Å². The van der Waals surface area contributed by atoms with Crippen LogP contribution in [0.25, 0.3) is 11.3 Å². The monoisotopic (exact) mass is 217 g/mol. The number of benzene rings is 1. The van der Waals surface area contributed by atoms with Crippen LogP contribution in [-0.4, -0.2) is 16.5 Å². The van der Waals surface area contributed by atoms with E-state index in [1.807, 2.05) is 6.92 Å². The second kappa shape index (κ2) is 4.70. The van der Waals surface area contributed by atoms with Gasteiger partial charge in [0.05, 0.1) is 5.69 Å². The molecule has 82 valence electrons. The van der Waals surface area contributed by atoms with Gasteiger partial charge in [-0.3, -0.25) is 0 Å². The third-order valence-electron chi connectivity index (χ3n) is 2.14. The summed E-state index contributed by atoms with van der Waals surface area (Å²) < 4.78 is 13.5. The molecule has 0 aliphatic carbocycles. The molecule has 0 amide bonds. The van der Waals surface area contributed by atoms with Gasteiger partial charge >= 0.3 is 0 Å². The molecule has 0 saturated heterocycles. The second-order valence-corrected chi connectivity index (χ2v) is 3.28. The minimum absolute atomic E-state index is 0.274. The third-order valence-corrected chi connectivity index (χ3v) is 2.14. The first-order chi connectivity index (χ1) is 7.81. The smallest absolute Gasteiger partial charge is 0.223 e. The van der Waals surface area contributed by atoms with E-state index in [1.165, 1.54) is 6.07 Å². The lowest BCUT2D eigenvalue weighted by molar-refractivity contribution is 0.630. The van der Waals surface area contributed by atoms with Crippen LogP contribution in [0.4, 0.5) is 10.3 Å². The first kappa shape index (κ1) is 10.5. The molecule has 0 unspecified atom stereocenters. The SMILES string of the molecule is CCNc1nccc(-c2ccccc2F)n1. The first-order valence-corrected chi connectivity index (χ1v) is 5.13. The summed E-state index contributed by atoms with van der Waals surface area (Å²) in [7, 11) is 0. The van der Waals surface area contributed by atoms with Crippen molar-refractivity contribution in [2.45, 2.75) is 6.92 Å². The van der Waals surface area contributed by atoms with Crippen molar-refractivity contribution in [3.05, 3.63) is 42.3 Å². The van der Waals surface area contributed by atoms with Gasteiger partial charge in [0.1, 0.15) is 5.82 Å². The summed E-state index contributed by atoms with van der Waals surface area (Å²) in [5, 5.41) is 2.99. The molecule has 1 N–H and O–H groups in total. The van der Waals surface area contributed by atoms with E-state index in [2.05, 4.69) is 15.3 Å². The molecule has 0 saturated carbocycles. The standard InChI is InChI=1S/C12H12FN3/c1-2-14-12-15-8-7-11(16-12)9-5-3-4-6-10(9)13/h3-8H,2H2,1H3,(H,14,15,16). The van der Waals surface area contributed by atoms with Crippen LogP contribution < -0.4 is 5.32 Å². The van der Waals surface area contributed by atoms with Crippen molar-refractivity contribution in [1.29, 1.82) is 0 Å². The van der Waals surface area contributed by atoms with Crippen LogP contribution in [0.5, 0.6) is 0 Å². The minimum Gasteiger partial charge on any atom is -0.354 e. The Hall–Kier alpha value is -1.97. The Labute approximate surface area is 93.4 Å².